The fourth-order valence-corrected chi connectivity index (χ4v) is 1.46. The van der Waals surface area contributed by atoms with E-state index in [1.54, 1.807) is 0 Å². The third kappa shape index (κ3) is 1.74. The molecule has 1 aliphatic carbocycles. The highest BCUT2D eigenvalue weighted by atomic mass is 16.4. The SMILES string of the molecule is CC1CC1CN(C)c1nnc(N)o1. The monoisotopic (exact) mass is 182 g/mol. The number of nitrogens with zero attached hydrogens (tertiary/aromatic N) is 3. The molecule has 72 valence electrons. The third-order valence-electron chi connectivity index (χ3n) is 2.54. The van der Waals surface area contributed by atoms with Crippen molar-refractivity contribution in [2.45, 2.75) is 13.3 Å². The summed E-state index contributed by atoms with van der Waals surface area (Å²) in [5.41, 5.74) is 5.32. The Hall–Kier alpha value is -1.26. The number of aromatic nitrogens is 2. The first-order chi connectivity index (χ1) is 6.16. The highest BCUT2D eigenvalue weighted by Gasteiger charge is 2.34. The van der Waals surface area contributed by atoms with Crippen LogP contribution >= 0.6 is 0 Å². The number of nitrogen functional groups attached to an aromatic ring is 1. The minimum absolute atomic E-state index is 0.130. The van der Waals surface area contributed by atoms with Crippen molar-refractivity contribution in [3.05, 3.63) is 0 Å². The van der Waals surface area contributed by atoms with Crippen molar-refractivity contribution in [3.63, 3.8) is 0 Å². The molecular formula is C8H14N4O. The normalized spacial score (nSPS) is 26.0. The number of anilines is 2. The number of hydrogen-bond donors (Lipinski definition) is 1. The number of nitrogens with two attached hydrogens (primary N) is 1. The molecule has 1 fully saturated rings. The number of rotatable bonds is 3. The van der Waals surface area contributed by atoms with Gasteiger partial charge >= 0.3 is 12.0 Å². The van der Waals surface area contributed by atoms with Crippen LogP contribution in [0.25, 0.3) is 0 Å². The standard InChI is InChI=1S/C8H14N4O/c1-5-3-6(5)4-12(2)8-11-10-7(9)13-8/h5-6H,3-4H2,1-2H3,(H2,9,10). The molecule has 13 heavy (non-hydrogen) atoms. The van der Waals surface area contributed by atoms with Gasteiger partial charge in [0.1, 0.15) is 0 Å². The maximum atomic E-state index is 5.32. The predicted molar refractivity (Wildman–Crippen MR) is 49.3 cm³/mol. The van der Waals surface area contributed by atoms with Crippen molar-refractivity contribution in [2.24, 2.45) is 11.8 Å². The second-order valence-electron chi connectivity index (χ2n) is 3.78. The Kier molecular flexibility index (Phi) is 1.86. The van der Waals surface area contributed by atoms with Crippen molar-refractivity contribution >= 4 is 12.0 Å². The number of hydrogen-bond acceptors (Lipinski definition) is 5. The Morgan fingerprint density at radius 3 is 2.77 bits per heavy atom. The first-order valence-electron chi connectivity index (χ1n) is 4.47. The van der Waals surface area contributed by atoms with Crippen LogP contribution in [0.1, 0.15) is 13.3 Å². The van der Waals surface area contributed by atoms with E-state index in [9.17, 15) is 0 Å². The first kappa shape index (κ1) is 8.34. The molecule has 1 aromatic rings. The van der Waals surface area contributed by atoms with Gasteiger partial charge in [0.2, 0.25) is 0 Å². The van der Waals surface area contributed by atoms with Gasteiger partial charge in [0.15, 0.2) is 0 Å². The van der Waals surface area contributed by atoms with Gasteiger partial charge in [-0.2, -0.15) is 0 Å². The molecule has 0 aromatic carbocycles. The van der Waals surface area contributed by atoms with E-state index in [-0.39, 0.29) is 6.01 Å². The summed E-state index contributed by atoms with van der Waals surface area (Å²) in [6.07, 6.45) is 1.30. The zero-order valence-electron chi connectivity index (χ0n) is 7.90. The Morgan fingerprint density at radius 1 is 1.62 bits per heavy atom. The fourth-order valence-electron chi connectivity index (χ4n) is 1.46. The molecule has 2 atom stereocenters. The lowest BCUT2D eigenvalue weighted by Crippen LogP contribution is -2.20. The van der Waals surface area contributed by atoms with Crippen molar-refractivity contribution in [2.75, 3.05) is 24.2 Å². The maximum Gasteiger partial charge on any atom is 0.319 e. The highest BCUT2D eigenvalue weighted by molar-refractivity contribution is 5.26. The van der Waals surface area contributed by atoms with Crippen molar-refractivity contribution in [3.8, 4) is 0 Å². The molecule has 2 N–H and O–H groups in total. The molecule has 2 rings (SSSR count). The van der Waals surface area contributed by atoms with Gasteiger partial charge in [-0.1, -0.05) is 17.1 Å². The molecule has 1 aliphatic rings. The quantitative estimate of drug-likeness (QED) is 0.746. The first-order valence-corrected chi connectivity index (χ1v) is 4.47. The van der Waals surface area contributed by atoms with Gasteiger partial charge in [-0.25, -0.2) is 0 Å². The van der Waals surface area contributed by atoms with E-state index in [0.29, 0.717) is 6.01 Å². The van der Waals surface area contributed by atoms with Crippen LogP contribution in [0.15, 0.2) is 4.42 Å². The Labute approximate surface area is 76.9 Å². The van der Waals surface area contributed by atoms with Crippen LogP contribution < -0.4 is 10.6 Å². The predicted octanol–water partition coefficient (Wildman–Crippen LogP) is 0.744. The van der Waals surface area contributed by atoms with Gasteiger partial charge in [0.25, 0.3) is 0 Å². The van der Waals surface area contributed by atoms with E-state index < -0.39 is 0 Å². The summed E-state index contributed by atoms with van der Waals surface area (Å²) in [6, 6.07) is 0.641. The fraction of sp³-hybridized carbons (Fsp3) is 0.750. The largest absolute Gasteiger partial charge is 0.390 e. The van der Waals surface area contributed by atoms with Gasteiger partial charge in [0, 0.05) is 13.6 Å². The summed E-state index contributed by atoms with van der Waals surface area (Å²) in [7, 11) is 1.94. The van der Waals surface area contributed by atoms with Crippen molar-refractivity contribution in [1.82, 2.24) is 10.2 Å². The maximum absolute atomic E-state index is 5.32. The zero-order valence-corrected chi connectivity index (χ0v) is 7.90. The topological polar surface area (TPSA) is 68.2 Å². The lowest BCUT2D eigenvalue weighted by Gasteiger charge is -2.12. The molecule has 2 unspecified atom stereocenters. The Bertz CT molecular complexity index is 298. The summed E-state index contributed by atoms with van der Waals surface area (Å²) in [4.78, 5) is 1.96. The van der Waals surface area contributed by atoms with E-state index in [4.69, 9.17) is 10.2 Å². The second kappa shape index (κ2) is 2.90. The van der Waals surface area contributed by atoms with Gasteiger partial charge in [-0.15, -0.1) is 0 Å². The van der Waals surface area contributed by atoms with Crippen LogP contribution in [0.2, 0.25) is 0 Å². The lowest BCUT2D eigenvalue weighted by atomic mass is 10.3. The molecule has 0 amide bonds. The van der Waals surface area contributed by atoms with Crippen LogP contribution in [0.4, 0.5) is 12.0 Å². The van der Waals surface area contributed by atoms with Gasteiger partial charge in [0.05, 0.1) is 0 Å². The second-order valence-corrected chi connectivity index (χ2v) is 3.78. The van der Waals surface area contributed by atoms with Crippen molar-refractivity contribution < 1.29 is 4.42 Å². The minimum atomic E-state index is 0.130. The summed E-state index contributed by atoms with van der Waals surface area (Å²) in [5, 5.41) is 7.41. The molecule has 1 aromatic heterocycles. The minimum Gasteiger partial charge on any atom is -0.390 e. The molecular weight excluding hydrogens is 168 g/mol. The average Bonchev–Trinajstić information content (AvgIpc) is 2.62. The van der Waals surface area contributed by atoms with Crippen LogP contribution in [0.5, 0.6) is 0 Å². The molecule has 1 saturated carbocycles. The van der Waals surface area contributed by atoms with E-state index >= 15 is 0 Å². The highest BCUT2D eigenvalue weighted by Crippen LogP contribution is 2.38. The van der Waals surface area contributed by atoms with Crippen LogP contribution in [-0.4, -0.2) is 23.8 Å². The Balaban J connectivity index is 1.93. The van der Waals surface area contributed by atoms with E-state index in [0.717, 1.165) is 18.4 Å². The van der Waals surface area contributed by atoms with Gasteiger partial charge in [-0.05, 0) is 18.3 Å². The lowest BCUT2D eigenvalue weighted by molar-refractivity contribution is 0.550. The van der Waals surface area contributed by atoms with E-state index in [1.807, 2.05) is 11.9 Å². The summed E-state index contributed by atoms with van der Waals surface area (Å²) in [5.74, 6) is 1.61. The summed E-state index contributed by atoms with van der Waals surface area (Å²) in [6.45, 7) is 3.23. The van der Waals surface area contributed by atoms with Gasteiger partial charge in [-0.3, -0.25) is 0 Å². The third-order valence-corrected chi connectivity index (χ3v) is 2.54. The molecule has 0 aliphatic heterocycles. The molecule has 0 spiro atoms. The molecule has 5 heteroatoms. The van der Waals surface area contributed by atoms with E-state index in [2.05, 4.69) is 17.1 Å². The van der Waals surface area contributed by atoms with Crippen molar-refractivity contribution in [1.29, 1.82) is 0 Å². The molecule has 0 saturated heterocycles. The Morgan fingerprint density at radius 2 is 2.31 bits per heavy atom. The summed E-state index contributed by atoms with van der Waals surface area (Å²) >= 11 is 0. The van der Waals surface area contributed by atoms with E-state index in [1.165, 1.54) is 6.42 Å². The van der Waals surface area contributed by atoms with Gasteiger partial charge < -0.3 is 15.1 Å². The molecule has 1 heterocycles. The molecule has 0 radical (unpaired) electrons. The summed E-state index contributed by atoms with van der Waals surface area (Å²) < 4.78 is 5.09. The average molecular weight is 182 g/mol. The smallest absolute Gasteiger partial charge is 0.319 e. The van der Waals surface area contributed by atoms with Crippen LogP contribution in [-0.2, 0) is 0 Å². The zero-order chi connectivity index (χ0) is 9.42. The van der Waals surface area contributed by atoms with Crippen LogP contribution in [0.3, 0.4) is 0 Å². The molecule has 5 nitrogen and oxygen atoms in total. The van der Waals surface area contributed by atoms with Crippen LogP contribution in [0, 0.1) is 11.8 Å². The molecule has 0 bridgehead atoms.